The van der Waals surface area contributed by atoms with Gasteiger partial charge < -0.3 is 4.57 Å². The van der Waals surface area contributed by atoms with Crippen molar-refractivity contribution in [3.63, 3.8) is 0 Å². The van der Waals surface area contributed by atoms with Gasteiger partial charge in [0.2, 0.25) is 0 Å². The minimum Gasteiger partial charge on any atom is -0.342 e. The van der Waals surface area contributed by atoms with E-state index in [1.54, 1.807) is 4.57 Å². The van der Waals surface area contributed by atoms with Gasteiger partial charge in [0.1, 0.15) is 5.52 Å². The summed E-state index contributed by atoms with van der Waals surface area (Å²) in [7, 11) is 0. The fourth-order valence-electron chi connectivity index (χ4n) is 1.97. The quantitative estimate of drug-likeness (QED) is 0.837. The number of nitrogens with one attached hydrogen (secondary N) is 1. The molecule has 2 aromatic heterocycles. The van der Waals surface area contributed by atoms with Gasteiger partial charge >= 0.3 is 5.69 Å². The van der Waals surface area contributed by atoms with Crippen LogP contribution in [0.3, 0.4) is 0 Å². The van der Waals surface area contributed by atoms with Crippen molar-refractivity contribution in [2.24, 2.45) is 0 Å². The normalized spacial score (nSPS) is 11.1. The van der Waals surface area contributed by atoms with E-state index in [0.29, 0.717) is 12.1 Å². The average Bonchev–Trinajstić information content (AvgIpc) is 2.68. The van der Waals surface area contributed by atoms with Gasteiger partial charge in [0.25, 0.3) is 5.56 Å². The van der Waals surface area contributed by atoms with Crippen molar-refractivity contribution < 1.29 is 0 Å². The molecule has 0 saturated carbocycles. The number of fused-ring (bicyclic) bond motifs is 1. The summed E-state index contributed by atoms with van der Waals surface area (Å²) in [6, 6.07) is 1.82. The highest BCUT2D eigenvalue weighted by atomic mass is 16.2. The second-order valence-corrected chi connectivity index (χ2v) is 3.75. The number of nitrogens with zero attached hydrogens (tertiary/aromatic N) is 2. The van der Waals surface area contributed by atoms with E-state index >= 15 is 0 Å². The smallest absolute Gasteiger partial charge is 0.328 e. The van der Waals surface area contributed by atoms with Crippen LogP contribution >= 0.6 is 0 Å². The highest BCUT2D eigenvalue weighted by Crippen LogP contribution is 2.09. The maximum absolute atomic E-state index is 11.7. The lowest BCUT2D eigenvalue weighted by Gasteiger charge is -2.05. The molecule has 0 bridgehead atoms. The van der Waals surface area contributed by atoms with Crippen molar-refractivity contribution in [3.05, 3.63) is 33.1 Å². The Morgan fingerprint density at radius 2 is 2.06 bits per heavy atom. The Morgan fingerprint density at radius 1 is 1.31 bits per heavy atom. The molecule has 0 saturated heterocycles. The predicted octanol–water partition coefficient (Wildman–Crippen LogP) is 0.921. The summed E-state index contributed by atoms with van der Waals surface area (Å²) in [5.41, 5.74) is 0.667. The van der Waals surface area contributed by atoms with Crippen LogP contribution in [0.25, 0.3) is 11.0 Å². The molecule has 2 heterocycles. The van der Waals surface area contributed by atoms with Crippen molar-refractivity contribution in [2.45, 2.75) is 33.4 Å². The molecule has 86 valence electrons. The lowest BCUT2D eigenvalue weighted by atomic mass is 10.4. The third-order valence-electron chi connectivity index (χ3n) is 2.70. The molecule has 16 heavy (non-hydrogen) atoms. The standard InChI is InChI=1S/C11H15N3O2/c1-3-6-14-8-5-7-13(4-2)9(8)10(15)12-11(14)16/h5,7H,3-4,6H2,1-2H3,(H,12,15,16). The predicted molar refractivity (Wildman–Crippen MR) is 62.8 cm³/mol. The maximum Gasteiger partial charge on any atom is 0.328 e. The molecule has 0 aliphatic rings. The molecule has 1 N–H and O–H groups in total. The zero-order valence-corrected chi connectivity index (χ0v) is 9.49. The number of aromatic nitrogens is 3. The van der Waals surface area contributed by atoms with Crippen LogP contribution in [0.4, 0.5) is 0 Å². The second kappa shape index (κ2) is 4.00. The Bertz CT molecular complexity index is 618. The van der Waals surface area contributed by atoms with Crippen LogP contribution in [0.2, 0.25) is 0 Å². The third kappa shape index (κ3) is 1.48. The summed E-state index contributed by atoms with van der Waals surface area (Å²) in [6.45, 7) is 5.31. The van der Waals surface area contributed by atoms with Gasteiger partial charge in [0.15, 0.2) is 0 Å². The Morgan fingerprint density at radius 3 is 2.69 bits per heavy atom. The fourth-order valence-corrected chi connectivity index (χ4v) is 1.97. The van der Waals surface area contributed by atoms with Gasteiger partial charge in [-0.1, -0.05) is 6.92 Å². The van der Waals surface area contributed by atoms with E-state index in [4.69, 9.17) is 0 Å². The number of aryl methyl sites for hydroxylation is 2. The van der Waals surface area contributed by atoms with Crippen molar-refractivity contribution in [3.8, 4) is 0 Å². The van der Waals surface area contributed by atoms with Crippen molar-refractivity contribution in [1.82, 2.24) is 14.1 Å². The summed E-state index contributed by atoms with van der Waals surface area (Å²) < 4.78 is 3.46. The number of rotatable bonds is 3. The van der Waals surface area contributed by atoms with Gasteiger partial charge in [-0.2, -0.15) is 0 Å². The van der Waals surface area contributed by atoms with Gasteiger partial charge in [-0.05, 0) is 19.4 Å². The molecule has 0 amide bonds. The highest BCUT2D eigenvalue weighted by Gasteiger charge is 2.10. The van der Waals surface area contributed by atoms with Crippen LogP contribution in [0.15, 0.2) is 21.9 Å². The Labute approximate surface area is 92.3 Å². The molecule has 0 radical (unpaired) electrons. The molecule has 2 rings (SSSR count). The minimum atomic E-state index is -0.326. The molecule has 0 aromatic carbocycles. The van der Waals surface area contributed by atoms with Crippen LogP contribution in [0.1, 0.15) is 20.3 Å². The Balaban J connectivity index is 2.86. The lowest BCUT2D eigenvalue weighted by molar-refractivity contribution is 0.655. The van der Waals surface area contributed by atoms with Crippen LogP contribution in [-0.2, 0) is 13.1 Å². The van der Waals surface area contributed by atoms with E-state index in [1.165, 1.54) is 0 Å². The van der Waals surface area contributed by atoms with E-state index in [0.717, 1.165) is 18.5 Å². The summed E-state index contributed by atoms with van der Waals surface area (Å²) in [5, 5.41) is 0. The highest BCUT2D eigenvalue weighted by molar-refractivity contribution is 5.75. The van der Waals surface area contributed by atoms with Gasteiger partial charge in [0.05, 0.1) is 5.52 Å². The number of aromatic amines is 1. The van der Waals surface area contributed by atoms with E-state index in [-0.39, 0.29) is 11.2 Å². The van der Waals surface area contributed by atoms with E-state index in [1.807, 2.05) is 30.7 Å². The zero-order valence-electron chi connectivity index (χ0n) is 9.49. The zero-order chi connectivity index (χ0) is 11.7. The molecule has 0 unspecified atom stereocenters. The first-order chi connectivity index (χ1) is 7.69. The largest absolute Gasteiger partial charge is 0.342 e. The monoisotopic (exact) mass is 221 g/mol. The van der Waals surface area contributed by atoms with Crippen molar-refractivity contribution in [2.75, 3.05) is 0 Å². The van der Waals surface area contributed by atoms with Crippen LogP contribution < -0.4 is 11.2 Å². The SMILES string of the molecule is CCCn1c(=O)[nH]c(=O)c2c1ccn2CC. The molecule has 0 fully saturated rings. The van der Waals surface area contributed by atoms with Crippen LogP contribution in [-0.4, -0.2) is 14.1 Å². The first-order valence-electron chi connectivity index (χ1n) is 5.51. The number of H-pyrrole nitrogens is 1. The maximum atomic E-state index is 11.7. The summed E-state index contributed by atoms with van der Waals surface area (Å²) >= 11 is 0. The topological polar surface area (TPSA) is 59.8 Å². The average molecular weight is 221 g/mol. The molecule has 0 atom stereocenters. The summed E-state index contributed by atoms with van der Waals surface area (Å²) in [4.78, 5) is 25.7. The van der Waals surface area contributed by atoms with Gasteiger partial charge in [0, 0.05) is 19.3 Å². The molecule has 2 aromatic rings. The fraction of sp³-hybridized carbons (Fsp3) is 0.455. The first-order valence-corrected chi connectivity index (χ1v) is 5.51. The number of hydrogen-bond donors (Lipinski definition) is 1. The van der Waals surface area contributed by atoms with E-state index in [2.05, 4.69) is 4.98 Å². The second-order valence-electron chi connectivity index (χ2n) is 3.75. The number of hydrogen-bond acceptors (Lipinski definition) is 2. The van der Waals surface area contributed by atoms with Crippen LogP contribution in [0.5, 0.6) is 0 Å². The molecule has 0 aliphatic heterocycles. The molecular formula is C11H15N3O2. The van der Waals surface area contributed by atoms with E-state index in [9.17, 15) is 9.59 Å². The molecule has 0 aliphatic carbocycles. The molecule has 5 nitrogen and oxygen atoms in total. The van der Waals surface area contributed by atoms with Gasteiger partial charge in [-0.3, -0.25) is 14.3 Å². The van der Waals surface area contributed by atoms with Gasteiger partial charge in [-0.25, -0.2) is 4.79 Å². The van der Waals surface area contributed by atoms with Crippen molar-refractivity contribution in [1.29, 1.82) is 0 Å². The summed E-state index contributed by atoms with van der Waals surface area (Å²) in [6.07, 6.45) is 2.70. The Kier molecular flexibility index (Phi) is 2.68. The Hall–Kier alpha value is -1.78. The van der Waals surface area contributed by atoms with Crippen LogP contribution in [0, 0.1) is 0 Å². The third-order valence-corrected chi connectivity index (χ3v) is 2.70. The summed E-state index contributed by atoms with van der Waals surface area (Å²) in [5.74, 6) is 0. The van der Waals surface area contributed by atoms with Gasteiger partial charge in [-0.15, -0.1) is 0 Å². The lowest BCUT2D eigenvalue weighted by Crippen LogP contribution is -2.30. The van der Waals surface area contributed by atoms with Crippen molar-refractivity contribution >= 4 is 11.0 Å². The minimum absolute atomic E-state index is 0.306. The molecular weight excluding hydrogens is 206 g/mol. The first kappa shape index (κ1) is 10.7. The van der Waals surface area contributed by atoms with E-state index < -0.39 is 0 Å². The molecule has 0 spiro atoms. The molecule has 5 heteroatoms.